The molecule has 0 radical (unpaired) electrons. The van der Waals surface area contributed by atoms with Crippen LogP contribution in [0.5, 0.6) is 0 Å². The minimum Gasteiger partial charge on any atom is -0.465 e. The van der Waals surface area contributed by atoms with Crippen molar-refractivity contribution in [3.05, 3.63) is 29.8 Å². The van der Waals surface area contributed by atoms with Crippen molar-refractivity contribution in [2.24, 2.45) is 5.73 Å². The van der Waals surface area contributed by atoms with Crippen LogP contribution in [0.4, 0.5) is 5.69 Å². The van der Waals surface area contributed by atoms with Crippen molar-refractivity contribution in [3.63, 3.8) is 0 Å². The Bertz CT molecular complexity index is 467. The molecule has 0 unspecified atom stereocenters. The number of methoxy groups -OCH3 is 1. The zero-order valence-corrected chi connectivity index (χ0v) is 9.53. The van der Waals surface area contributed by atoms with Gasteiger partial charge in [-0.3, -0.25) is 4.79 Å². The van der Waals surface area contributed by atoms with E-state index in [0.29, 0.717) is 24.1 Å². The van der Waals surface area contributed by atoms with E-state index in [1.807, 2.05) is 0 Å². The number of esters is 1. The maximum absolute atomic E-state index is 11.8. The molecule has 1 aromatic carbocycles. The van der Waals surface area contributed by atoms with E-state index in [-0.39, 0.29) is 5.91 Å². The Morgan fingerprint density at radius 1 is 1.35 bits per heavy atom. The van der Waals surface area contributed by atoms with Gasteiger partial charge < -0.3 is 15.8 Å². The molecule has 3 N–H and O–H groups in total. The summed E-state index contributed by atoms with van der Waals surface area (Å²) in [6.45, 7) is 0. The average Bonchev–Trinajstić information content (AvgIpc) is 3.08. The van der Waals surface area contributed by atoms with Crippen LogP contribution in [0.1, 0.15) is 23.2 Å². The van der Waals surface area contributed by atoms with Crippen LogP contribution in [0.3, 0.4) is 0 Å². The highest BCUT2D eigenvalue weighted by atomic mass is 16.5. The molecule has 0 aromatic heterocycles. The summed E-state index contributed by atoms with van der Waals surface area (Å²) in [7, 11) is 1.30. The SMILES string of the molecule is COC(=O)c1ccccc1NC(=O)C1(N)CC1. The highest BCUT2D eigenvalue weighted by molar-refractivity contribution is 6.05. The number of hydrogen-bond acceptors (Lipinski definition) is 4. The van der Waals surface area contributed by atoms with Gasteiger partial charge in [0, 0.05) is 0 Å². The lowest BCUT2D eigenvalue weighted by molar-refractivity contribution is -0.118. The van der Waals surface area contributed by atoms with Crippen molar-refractivity contribution < 1.29 is 14.3 Å². The number of benzene rings is 1. The van der Waals surface area contributed by atoms with Crippen LogP contribution in [0, 0.1) is 0 Å². The van der Waals surface area contributed by atoms with Crippen LogP contribution in [0.2, 0.25) is 0 Å². The molecule has 2 rings (SSSR count). The molecule has 1 aromatic rings. The third kappa shape index (κ3) is 2.29. The number of carbonyl (C=O) groups is 2. The molecule has 0 aliphatic heterocycles. The molecule has 1 saturated carbocycles. The number of ether oxygens (including phenoxy) is 1. The number of nitrogens with two attached hydrogens (primary N) is 1. The molecule has 1 amide bonds. The molecule has 5 nitrogen and oxygen atoms in total. The second kappa shape index (κ2) is 4.18. The van der Waals surface area contributed by atoms with Crippen molar-refractivity contribution in [1.82, 2.24) is 0 Å². The van der Waals surface area contributed by atoms with Crippen LogP contribution in [-0.4, -0.2) is 24.5 Å². The minimum absolute atomic E-state index is 0.256. The summed E-state index contributed by atoms with van der Waals surface area (Å²) in [5.41, 5.74) is 5.77. The molecule has 5 heteroatoms. The standard InChI is InChI=1S/C12H14N2O3/c1-17-10(15)8-4-2-3-5-9(8)14-11(16)12(13)6-7-12/h2-5H,6-7,13H2,1H3,(H,14,16). The molecule has 0 atom stereocenters. The van der Waals surface area contributed by atoms with E-state index < -0.39 is 11.5 Å². The van der Waals surface area contributed by atoms with Crippen molar-refractivity contribution >= 4 is 17.6 Å². The maximum atomic E-state index is 11.8. The molecule has 1 aliphatic carbocycles. The number of rotatable bonds is 3. The lowest BCUT2D eigenvalue weighted by Crippen LogP contribution is -2.38. The van der Waals surface area contributed by atoms with E-state index in [4.69, 9.17) is 5.73 Å². The van der Waals surface area contributed by atoms with Gasteiger partial charge in [0.2, 0.25) is 5.91 Å². The first-order valence-electron chi connectivity index (χ1n) is 5.34. The van der Waals surface area contributed by atoms with Gasteiger partial charge in [0.1, 0.15) is 0 Å². The minimum atomic E-state index is -0.761. The fourth-order valence-electron chi connectivity index (χ4n) is 1.49. The molecule has 0 bridgehead atoms. The largest absolute Gasteiger partial charge is 0.465 e. The van der Waals surface area contributed by atoms with E-state index in [1.165, 1.54) is 7.11 Å². The normalized spacial score (nSPS) is 16.1. The van der Waals surface area contributed by atoms with Gasteiger partial charge in [-0.15, -0.1) is 0 Å². The van der Waals surface area contributed by atoms with Crippen LogP contribution in [0.25, 0.3) is 0 Å². The summed E-state index contributed by atoms with van der Waals surface area (Å²) in [5.74, 6) is -0.739. The number of hydrogen-bond donors (Lipinski definition) is 2. The molecule has 0 saturated heterocycles. The first-order valence-corrected chi connectivity index (χ1v) is 5.34. The Labute approximate surface area is 98.9 Å². The average molecular weight is 234 g/mol. The fourth-order valence-corrected chi connectivity index (χ4v) is 1.49. The van der Waals surface area contributed by atoms with Gasteiger partial charge in [-0.1, -0.05) is 12.1 Å². The lowest BCUT2D eigenvalue weighted by atomic mass is 10.1. The van der Waals surface area contributed by atoms with E-state index in [0.717, 1.165) is 0 Å². The van der Waals surface area contributed by atoms with Crippen molar-refractivity contribution in [2.45, 2.75) is 18.4 Å². The molecule has 1 fully saturated rings. The fraction of sp³-hybridized carbons (Fsp3) is 0.333. The van der Waals surface area contributed by atoms with Gasteiger partial charge in [-0.05, 0) is 25.0 Å². The Kier molecular flexibility index (Phi) is 2.85. The van der Waals surface area contributed by atoms with Crippen molar-refractivity contribution in [3.8, 4) is 0 Å². The van der Waals surface area contributed by atoms with Gasteiger partial charge >= 0.3 is 5.97 Å². The van der Waals surface area contributed by atoms with E-state index >= 15 is 0 Å². The van der Waals surface area contributed by atoms with E-state index in [9.17, 15) is 9.59 Å². The van der Waals surface area contributed by atoms with Gasteiger partial charge in [0.25, 0.3) is 0 Å². The molecule has 90 valence electrons. The van der Waals surface area contributed by atoms with E-state index in [2.05, 4.69) is 10.1 Å². The Morgan fingerprint density at radius 2 is 2.00 bits per heavy atom. The number of anilines is 1. The van der Waals surface area contributed by atoms with E-state index in [1.54, 1.807) is 24.3 Å². The highest BCUT2D eigenvalue weighted by Gasteiger charge is 2.46. The predicted octanol–water partition coefficient (Wildman–Crippen LogP) is 0.903. The Balaban J connectivity index is 2.20. The number of para-hydroxylation sites is 1. The first kappa shape index (κ1) is 11.6. The molecule has 17 heavy (non-hydrogen) atoms. The zero-order valence-electron chi connectivity index (χ0n) is 9.53. The molecule has 0 spiro atoms. The van der Waals surface area contributed by atoms with Crippen LogP contribution >= 0.6 is 0 Å². The first-order chi connectivity index (χ1) is 8.07. The monoisotopic (exact) mass is 234 g/mol. The Morgan fingerprint density at radius 3 is 2.59 bits per heavy atom. The molecular weight excluding hydrogens is 220 g/mol. The summed E-state index contributed by atoms with van der Waals surface area (Å²) in [6.07, 6.45) is 1.36. The van der Waals surface area contributed by atoms with Crippen LogP contribution < -0.4 is 11.1 Å². The highest BCUT2D eigenvalue weighted by Crippen LogP contribution is 2.33. The molecule has 0 heterocycles. The van der Waals surface area contributed by atoms with Crippen LogP contribution in [-0.2, 0) is 9.53 Å². The van der Waals surface area contributed by atoms with Crippen LogP contribution in [0.15, 0.2) is 24.3 Å². The number of amides is 1. The molecular formula is C12H14N2O3. The summed E-state index contributed by atoms with van der Waals surface area (Å²) >= 11 is 0. The summed E-state index contributed by atoms with van der Waals surface area (Å²) in [6, 6.07) is 6.68. The third-order valence-electron chi connectivity index (χ3n) is 2.82. The van der Waals surface area contributed by atoms with Gasteiger partial charge in [-0.25, -0.2) is 4.79 Å². The molecule has 1 aliphatic rings. The maximum Gasteiger partial charge on any atom is 0.339 e. The van der Waals surface area contributed by atoms with Gasteiger partial charge in [0.15, 0.2) is 0 Å². The van der Waals surface area contributed by atoms with Crippen molar-refractivity contribution in [2.75, 3.05) is 12.4 Å². The lowest BCUT2D eigenvalue weighted by Gasteiger charge is -2.12. The second-order valence-electron chi connectivity index (χ2n) is 4.15. The zero-order chi connectivity index (χ0) is 12.5. The summed E-state index contributed by atoms with van der Waals surface area (Å²) < 4.78 is 4.64. The van der Waals surface area contributed by atoms with Crippen molar-refractivity contribution in [1.29, 1.82) is 0 Å². The topological polar surface area (TPSA) is 81.4 Å². The quantitative estimate of drug-likeness (QED) is 0.761. The van der Waals surface area contributed by atoms with Gasteiger partial charge in [-0.2, -0.15) is 0 Å². The predicted molar refractivity (Wildman–Crippen MR) is 62.6 cm³/mol. The summed E-state index contributed by atoms with van der Waals surface area (Å²) in [5, 5.41) is 2.66. The van der Waals surface area contributed by atoms with Gasteiger partial charge in [0.05, 0.1) is 23.9 Å². The number of carbonyl (C=O) groups excluding carboxylic acids is 2. The Hall–Kier alpha value is -1.88. The smallest absolute Gasteiger partial charge is 0.339 e. The summed E-state index contributed by atoms with van der Waals surface area (Å²) in [4.78, 5) is 23.2. The third-order valence-corrected chi connectivity index (χ3v) is 2.82. The number of nitrogens with one attached hydrogen (secondary N) is 1. The second-order valence-corrected chi connectivity index (χ2v) is 4.15.